The molecule has 0 radical (unpaired) electrons. The summed E-state index contributed by atoms with van der Waals surface area (Å²) < 4.78 is 13.8. The molecule has 2 amide bonds. The molecule has 1 aliphatic rings. The number of halogens is 1. The highest BCUT2D eigenvalue weighted by Crippen LogP contribution is 2.15. The van der Waals surface area contributed by atoms with Crippen molar-refractivity contribution in [3.05, 3.63) is 35.1 Å². The molecular weight excluding hydrogens is 271 g/mol. The van der Waals surface area contributed by atoms with E-state index in [1.165, 1.54) is 6.07 Å². The molecule has 0 atom stereocenters. The smallest absolute Gasteiger partial charge is 0.256 e. The van der Waals surface area contributed by atoms with Crippen molar-refractivity contribution in [1.82, 2.24) is 9.80 Å². The van der Waals surface area contributed by atoms with Crippen LogP contribution in [0.25, 0.3) is 0 Å². The highest BCUT2D eigenvalue weighted by molar-refractivity contribution is 5.95. The number of carbonyl (C=O) groups is 2. The van der Waals surface area contributed by atoms with E-state index in [2.05, 4.69) is 0 Å². The molecule has 1 aromatic carbocycles. The molecule has 0 aromatic heterocycles. The predicted octanol–water partition coefficient (Wildman–Crippen LogP) is 2.07. The van der Waals surface area contributed by atoms with E-state index < -0.39 is 5.82 Å². The van der Waals surface area contributed by atoms with Gasteiger partial charge in [-0.15, -0.1) is 0 Å². The number of benzene rings is 1. The molecule has 1 aromatic rings. The maximum Gasteiger partial charge on any atom is 0.256 e. The maximum atomic E-state index is 13.8. The molecule has 5 heteroatoms. The van der Waals surface area contributed by atoms with Crippen molar-refractivity contribution in [2.24, 2.45) is 5.92 Å². The fourth-order valence-corrected chi connectivity index (χ4v) is 2.47. The Labute approximate surface area is 124 Å². The summed E-state index contributed by atoms with van der Waals surface area (Å²) in [4.78, 5) is 27.6. The van der Waals surface area contributed by atoms with Crippen LogP contribution in [0.5, 0.6) is 0 Å². The van der Waals surface area contributed by atoms with Gasteiger partial charge in [0.1, 0.15) is 5.82 Å². The van der Waals surface area contributed by atoms with Gasteiger partial charge in [0.15, 0.2) is 0 Å². The lowest BCUT2D eigenvalue weighted by Crippen LogP contribution is -2.51. The van der Waals surface area contributed by atoms with Crippen LogP contribution >= 0.6 is 0 Å². The number of nitrogens with zero attached hydrogens (tertiary/aromatic N) is 2. The average Bonchev–Trinajstić information content (AvgIpc) is 2.48. The molecular formula is C16H21FN2O2. The number of hydrogen-bond acceptors (Lipinski definition) is 2. The van der Waals surface area contributed by atoms with Gasteiger partial charge in [0, 0.05) is 32.1 Å². The quantitative estimate of drug-likeness (QED) is 0.837. The Morgan fingerprint density at radius 1 is 1.10 bits per heavy atom. The van der Waals surface area contributed by atoms with Crippen LogP contribution in [0.4, 0.5) is 4.39 Å². The maximum absolute atomic E-state index is 13.8. The summed E-state index contributed by atoms with van der Waals surface area (Å²) in [5.74, 6) is -0.732. The van der Waals surface area contributed by atoms with Gasteiger partial charge in [-0.1, -0.05) is 25.5 Å². The van der Waals surface area contributed by atoms with Crippen LogP contribution < -0.4 is 0 Å². The van der Waals surface area contributed by atoms with Crippen molar-refractivity contribution in [3.8, 4) is 0 Å². The highest BCUT2D eigenvalue weighted by Gasteiger charge is 2.27. The Kier molecular flexibility index (Phi) is 4.60. The third-order valence-corrected chi connectivity index (χ3v) is 3.72. The van der Waals surface area contributed by atoms with Crippen molar-refractivity contribution in [3.63, 3.8) is 0 Å². The van der Waals surface area contributed by atoms with Gasteiger partial charge in [-0.05, 0) is 19.1 Å². The summed E-state index contributed by atoms with van der Waals surface area (Å²) in [6, 6.07) is 4.54. The fraction of sp³-hybridized carbons (Fsp3) is 0.500. The van der Waals surface area contributed by atoms with E-state index >= 15 is 0 Å². The van der Waals surface area contributed by atoms with Crippen molar-refractivity contribution in [2.75, 3.05) is 26.2 Å². The molecule has 0 unspecified atom stereocenters. The van der Waals surface area contributed by atoms with Crippen molar-refractivity contribution < 1.29 is 14.0 Å². The van der Waals surface area contributed by atoms with Gasteiger partial charge in [-0.3, -0.25) is 9.59 Å². The first-order chi connectivity index (χ1) is 9.90. The van der Waals surface area contributed by atoms with Gasteiger partial charge >= 0.3 is 0 Å². The summed E-state index contributed by atoms with van der Waals surface area (Å²) in [6.07, 6.45) is 0. The first-order valence-corrected chi connectivity index (χ1v) is 7.24. The lowest BCUT2D eigenvalue weighted by molar-refractivity contribution is -0.135. The number of aryl methyl sites for hydroxylation is 1. The van der Waals surface area contributed by atoms with Crippen LogP contribution in [0.15, 0.2) is 18.2 Å². The van der Waals surface area contributed by atoms with Crippen LogP contribution in [0.1, 0.15) is 29.8 Å². The average molecular weight is 292 g/mol. The molecule has 1 fully saturated rings. The summed E-state index contributed by atoms with van der Waals surface area (Å²) in [5, 5.41) is 0. The Hall–Kier alpha value is -1.91. The minimum absolute atomic E-state index is 0.0403. The fourth-order valence-electron chi connectivity index (χ4n) is 2.47. The van der Waals surface area contributed by atoms with Crippen LogP contribution in [-0.2, 0) is 4.79 Å². The van der Waals surface area contributed by atoms with Gasteiger partial charge < -0.3 is 9.80 Å². The molecule has 21 heavy (non-hydrogen) atoms. The summed E-state index contributed by atoms with van der Waals surface area (Å²) >= 11 is 0. The van der Waals surface area contributed by atoms with Gasteiger partial charge in [-0.25, -0.2) is 4.39 Å². The normalized spacial score (nSPS) is 15.5. The van der Waals surface area contributed by atoms with Gasteiger partial charge in [0.05, 0.1) is 5.56 Å². The van der Waals surface area contributed by atoms with E-state index in [0.29, 0.717) is 26.2 Å². The van der Waals surface area contributed by atoms with Crippen molar-refractivity contribution in [2.45, 2.75) is 20.8 Å². The molecule has 1 saturated heterocycles. The number of rotatable bonds is 2. The van der Waals surface area contributed by atoms with E-state index in [4.69, 9.17) is 0 Å². The Morgan fingerprint density at radius 2 is 1.67 bits per heavy atom. The zero-order valence-electron chi connectivity index (χ0n) is 12.7. The molecule has 1 aliphatic heterocycles. The third-order valence-electron chi connectivity index (χ3n) is 3.72. The van der Waals surface area contributed by atoms with Crippen LogP contribution in [0.3, 0.4) is 0 Å². The molecule has 0 bridgehead atoms. The van der Waals surface area contributed by atoms with Crippen LogP contribution in [-0.4, -0.2) is 47.8 Å². The zero-order chi connectivity index (χ0) is 15.6. The lowest BCUT2D eigenvalue weighted by atomic mass is 10.1. The monoisotopic (exact) mass is 292 g/mol. The van der Waals surface area contributed by atoms with E-state index in [9.17, 15) is 14.0 Å². The number of carbonyl (C=O) groups excluding carboxylic acids is 2. The number of hydrogen-bond donors (Lipinski definition) is 0. The lowest BCUT2D eigenvalue weighted by Gasteiger charge is -2.35. The van der Waals surface area contributed by atoms with Crippen LogP contribution in [0.2, 0.25) is 0 Å². The standard InChI is InChI=1S/C16H21FN2O2/c1-11(2)15(20)18-6-8-19(9-7-18)16(21)13-10-12(3)4-5-14(13)17/h4-5,10-11H,6-9H2,1-3H3. The molecule has 1 heterocycles. The minimum atomic E-state index is -0.494. The van der Waals surface area contributed by atoms with E-state index in [0.717, 1.165) is 5.56 Å². The molecule has 0 saturated carbocycles. The van der Waals surface area contributed by atoms with Crippen molar-refractivity contribution in [1.29, 1.82) is 0 Å². The minimum Gasteiger partial charge on any atom is -0.339 e. The van der Waals surface area contributed by atoms with Crippen molar-refractivity contribution >= 4 is 11.8 Å². The van der Waals surface area contributed by atoms with E-state index in [1.807, 2.05) is 20.8 Å². The first-order valence-electron chi connectivity index (χ1n) is 7.24. The highest BCUT2D eigenvalue weighted by atomic mass is 19.1. The zero-order valence-corrected chi connectivity index (χ0v) is 12.7. The third kappa shape index (κ3) is 3.40. The second-order valence-electron chi connectivity index (χ2n) is 5.76. The molecule has 0 aliphatic carbocycles. The number of amides is 2. The number of piperazine rings is 1. The topological polar surface area (TPSA) is 40.6 Å². The Balaban J connectivity index is 2.03. The van der Waals surface area contributed by atoms with E-state index in [1.54, 1.807) is 21.9 Å². The molecule has 114 valence electrons. The largest absolute Gasteiger partial charge is 0.339 e. The molecule has 4 nitrogen and oxygen atoms in total. The summed E-state index contributed by atoms with van der Waals surface area (Å²) in [5.41, 5.74) is 0.965. The Morgan fingerprint density at radius 3 is 2.24 bits per heavy atom. The molecule has 0 spiro atoms. The summed E-state index contributed by atoms with van der Waals surface area (Å²) in [7, 11) is 0. The van der Waals surface area contributed by atoms with Gasteiger partial charge in [-0.2, -0.15) is 0 Å². The van der Waals surface area contributed by atoms with E-state index in [-0.39, 0.29) is 23.3 Å². The molecule has 0 N–H and O–H groups in total. The van der Waals surface area contributed by atoms with Crippen LogP contribution in [0, 0.1) is 18.7 Å². The first kappa shape index (κ1) is 15.5. The second-order valence-corrected chi connectivity index (χ2v) is 5.76. The SMILES string of the molecule is Cc1ccc(F)c(C(=O)N2CCN(C(=O)C(C)C)CC2)c1. The molecule has 2 rings (SSSR count). The van der Waals surface area contributed by atoms with Gasteiger partial charge in [0.25, 0.3) is 5.91 Å². The second kappa shape index (κ2) is 6.24. The summed E-state index contributed by atoms with van der Waals surface area (Å²) in [6.45, 7) is 7.47. The van der Waals surface area contributed by atoms with Gasteiger partial charge in [0.2, 0.25) is 5.91 Å². The Bertz CT molecular complexity index is 549. The predicted molar refractivity (Wildman–Crippen MR) is 78.5 cm³/mol.